The maximum atomic E-state index is 13.3. The fraction of sp³-hybridized carbons (Fsp3) is 0.231. The van der Waals surface area contributed by atoms with Crippen LogP contribution in [0.2, 0.25) is 5.02 Å². The molecule has 3 aromatic rings. The molecule has 178 valence electrons. The maximum Gasteiger partial charge on any atom is 0.301 e. The van der Waals surface area contributed by atoms with E-state index in [1.807, 2.05) is 6.92 Å². The molecule has 2 aliphatic rings. The summed E-state index contributed by atoms with van der Waals surface area (Å²) in [6.07, 6.45) is 0.692. The van der Waals surface area contributed by atoms with Crippen molar-refractivity contribution in [1.82, 2.24) is 4.98 Å². The summed E-state index contributed by atoms with van der Waals surface area (Å²) in [5.41, 5.74) is 2.26. The first-order valence-electron chi connectivity index (χ1n) is 11.0. The highest BCUT2D eigenvalue weighted by Crippen LogP contribution is 2.44. The summed E-state index contributed by atoms with van der Waals surface area (Å²) in [6, 6.07) is 11.0. The first kappa shape index (κ1) is 23.3. The molecule has 2 aliphatic heterocycles. The third kappa shape index (κ3) is 3.92. The van der Waals surface area contributed by atoms with Crippen LogP contribution in [0.3, 0.4) is 0 Å². The molecule has 0 radical (unpaired) electrons. The molecule has 2 aromatic carbocycles. The van der Waals surface area contributed by atoms with E-state index in [0.29, 0.717) is 33.1 Å². The Morgan fingerprint density at radius 1 is 1.23 bits per heavy atom. The standard InChI is InChI=1S/C26H21ClN2O5S/c1-12-9-17-10-16(7-8-19(17)34-12)22(31)20-21(15-5-4-6-18(27)11-15)29(25(33)23(20)32)26-28-13(2)24(35-26)14(3)30/h4-8,10-12,21,31H,9H2,1-3H3. The number of benzene rings is 2. The number of nitrogens with zero attached hydrogens (tertiary/aromatic N) is 2. The van der Waals surface area contributed by atoms with Gasteiger partial charge >= 0.3 is 5.91 Å². The third-order valence-electron chi connectivity index (χ3n) is 6.09. The lowest BCUT2D eigenvalue weighted by Crippen LogP contribution is -2.29. The van der Waals surface area contributed by atoms with Crippen molar-refractivity contribution in [3.63, 3.8) is 0 Å². The van der Waals surface area contributed by atoms with Crippen molar-refractivity contribution in [2.75, 3.05) is 4.90 Å². The van der Waals surface area contributed by atoms with Gasteiger partial charge in [0.1, 0.15) is 17.6 Å². The number of aryl methyl sites for hydroxylation is 1. The molecule has 7 nitrogen and oxygen atoms in total. The molecule has 9 heteroatoms. The quantitative estimate of drug-likeness (QED) is 0.223. The molecule has 3 heterocycles. The number of hydrogen-bond acceptors (Lipinski definition) is 7. The lowest BCUT2D eigenvalue weighted by atomic mass is 9.94. The van der Waals surface area contributed by atoms with E-state index in [2.05, 4.69) is 4.98 Å². The summed E-state index contributed by atoms with van der Waals surface area (Å²) in [6.45, 7) is 5.05. The Hall–Kier alpha value is -3.49. The van der Waals surface area contributed by atoms with Gasteiger partial charge in [0, 0.05) is 23.9 Å². The Labute approximate surface area is 210 Å². The summed E-state index contributed by atoms with van der Waals surface area (Å²) in [4.78, 5) is 44.7. The Bertz CT molecular complexity index is 1440. The Morgan fingerprint density at radius 2 is 2.00 bits per heavy atom. The zero-order valence-corrected chi connectivity index (χ0v) is 20.7. The van der Waals surface area contributed by atoms with Gasteiger partial charge in [-0.1, -0.05) is 35.1 Å². The van der Waals surface area contributed by atoms with Gasteiger partial charge in [-0.2, -0.15) is 0 Å². The SMILES string of the molecule is CC(=O)c1sc(N2C(=O)C(=O)C(=C(O)c3ccc4c(c3)CC(C)O4)C2c2cccc(Cl)c2)nc1C. The smallest absolute Gasteiger partial charge is 0.301 e. The minimum atomic E-state index is -0.970. The van der Waals surface area contributed by atoms with Crippen LogP contribution in [-0.2, 0) is 16.0 Å². The van der Waals surface area contributed by atoms with Crippen LogP contribution < -0.4 is 9.64 Å². The third-order valence-corrected chi connectivity index (χ3v) is 7.58. The zero-order valence-electron chi connectivity index (χ0n) is 19.2. The average Bonchev–Trinajstić information content (AvgIpc) is 3.45. The Balaban J connectivity index is 1.70. The van der Waals surface area contributed by atoms with Gasteiger partial charge in [-0.05, 0) is 55.3 Å². The second-order valence-corrected chi connectivity index (χ2v) is 10.1. The number of halogens is 1. The monoisotopic (exact) mass is 508 g/mol. The minimum Gasteiger partial charge on any atom is -0.507 e. The topological polar surface area (TPSA) is 96.8 Å². The van der Waals surface area contributed by atoms with E-state index < -0.39 is 17.7 Å². The van der Waals surface area contributed by atoms with Crippen LogP contribution in [-0.4, -0.2) is 33.7 Å². The maximum absolute atomic E-state index is 13.3. The number of aliphatic hydroxyl groups is 1. The van der Waals surface area contributed by atoms with Crippen molar-refractivity contribution in [3.8, 4) is 5.75 Å². The number of anilines is 1. The molecule has 35 heavy (non-hydrogen) atoms. The molecule has 0 saturated carbocycles. The predicted molar refractivity (Wildman–Crippen MR) is 133 cm³/mol. The highest BCUT2D eigenvalue weighted by atomic mass is 35.5. The number of fused-ring (bicyclic) bond motifs is 1. The number of hydrogen-bond donors (Lipinski definition) is 1. The molecule has 0 spiro atoms. The van der Waals surface area contributed by atoms with Crippen molar-refractivity contribution >= 4 is 51.3 Å². The number of ether oxygens (including phenoxy) is 1. The summed E-state index contributed by atoms with van der Waals surface area (Å²) in [5.74, 6) is -1.42. The normalized spacial score (nSPS) is 20.7. The molecule has 1 amide bonds. The number of thiazole rings is 1. The number of carbonyl (C=O) groups is 3. The number of aromatic nitrogens is 1. The number of ketones is 2. The fourth-order valence-corrected chi connectivity index (χ4v) is 5.75. The average molecular weight is 509 g/mol. The van der Waals surface area contributed by atoms with Gasteiger partial charge in [-0.15, -0.1) is 0 Å². The van der Waals surface area contributed by atoms with Crippen molar-refractivity contribution in [3.05, 3.63) is 80.3 Å². The number of Topliss-reactive ketones (excluding diaryl/α,β-unsaturated/α-hetero) is 2. The van der Waals surface area contributed by atoms with Crippen molar-refractivity contribution < 1.29 is 24.2 Å². The number of aliphatic hydroxyl groups excluding tert-OH is 1. The van der Waals surface area contributed by atoms with Crippen LogP contribution in [0.5, 0.6) is 5.75 Å². The molecule has 2 atom stereocenters. The minimum absolute atomic E-state index is 0.0167. The molecular formula is C26H21ClN2O5S. The first-order valence-corrected chi connectivity index (χ1v) is 12.2. The molecule has 0 bridgehead atoms. The van der Waals surface area contributed by atoms with Gasteiger partial charge in [0.25, 0.3) is 5.78 Å². The van der Waals surface area contributed by atoms with Crippen LogP contribution in [0, 0.1) is 6.92 Å². The van der Waals surface area contributed by atoms with Crippen molar-refractivity contribution in [2.24, 2.45) is 0 Å². The van der Waals surface area contributed by atoms with Crippen molar-refractivity contribution in [2.45, 2.75) is 39.3 Å². The van der Waals surface area contributed by atoms with Gasteiger partial charge < -0.3 is 9.84 Å². The van der Waals surface area contributed by atoms with E-state index in [-0.39, 0.29) is 28.4 Å². The van der Waals surface area contributed by atoms with E-state index in [4.69, 9.17) is 16.3 Å². The second-order valence-electron chi connectivity index (χ2n) is 8.65. The van der Waals surface area contributed by atoms with E-state index in [9.17, 15) is 19.5 Å². The van der Waals surface area contributed by atoms with Crippen LogP contribution in [0.25, 0.3) is 5.76 Å². The Kier molecular flexibility index (Phi) is 5.73. The fourth-order valence-electron chi connectivity index (χ4n) is 4.56. The summed E-state index contributed by atoms with van der Waals surface area (Å²) in [7, 11) is 0. The molecular weight excluding hydrogens is 488 g/mol. The molecule has 2 unspecified atom stereocenters. The second kappa shape index (κ2) is 8.62. The zero-order chi connectivity index (χ0) is 25.0. The molecule has 1 aromatic heterocycles. The largest absolute Gasteiger partial charge is 0.507 e. The molecule has 0 aliphatic carbocycles. The first-order chi connectivity index (χ1) is 16.7. The van der Waals surface area contributed by atoms with Gasteiger partial charge in [-0.25, -0.2) is 4.98 Å². The number of carbonyl (C=O) groups excluding carboxylic acids is 3. The van der Waals surface area contributed by atoms with E-state index in [0.717, 1.165) is 22.6 Å². The van der Waals surface area contributed by atoms with Crippen LogP contribution in [0.1, 0.15) is 51.9 Å². The summed E-state index contributed by atoms with van der Waals surface area (Å²) < 4.78 is 5.74. The van der Waals surface area contributed by atoms with Crippen LogP contribution >= 0.6 is 22.9 Å². The van der Waals surface area contributed by atoms with E-state index in [1.165, 1.54) is 11.8 Å². The highest BCUT2D eigenvalue weighted by molar-refractivity contribution is 7.18. The van der Waals surface area contributed by atoms with Gasteiger partial charge in [0.2, 0.25) is 0 Å². The van der Waals surface area contributed by atoms with Crippen LogP contribution in [0.15, 0.2) is 48.0 Å². The lowest BCUT2D eigenvalue weighted by Gasteiger charge is -2.23. The van der Waals surface area contributed by atoms with Crippen LogP contribution in [0.4, 0.5) is 5.13 Å². The molecule has 1 fully saturated rings. The molecule has 5 rings (SSSR count). The van der Waals surface area contributed by atoms with Gasteiger partial charge in [0.05, 0.1) is 22.2 Å². The van der Waals surface area contributed by atoms with Gasteiger partial charge in [0.15, 0.2) is 10.9 Å². The van der Waals surface area contributed by atoms with Crippen molar-refractivity contribution in [1.29, 1.82) is 0 Å². The lowest BCUT2D eigenvalue weighted by molar-refractivity contribution is -0.132. The number of amides is 1. The summed E-state index contributed by atoms with van der Waals surface area (Å²) in [5, 5.41) is 12.0. The van der Waals surface area contributed by atoms with E-state index >= 15 is 0 Å². The van der Waals surface area contributed by atoms with Gasteiger partial charge in [-0.3, -0.25) is 19.3 Å². The molecule has 1 saturated heterocycles. The van der Waals surface area contributed by atoms with E-state index in [1.54, 1.807) is 49.4 Å². The number of rotatable bonds is 4. The molecule has 1 N–H and O–H groups in total. The predicted octanol–water partition coefficient (Wildman–Crippen LogP) is 5.26. The summed E-state index contributed by atoms with van der Waals surface area (Å²) >= 11 is 7.28. The highest BCUT2D eigenvalue weighted by Gasteiger charge is 2.48. The Morgan fingerprint density at radius 3 is 2.69 bits per heavy atom.